The van der Waals surface area contributed by atoms with Crippen molar-refractivity contribution in [2.75, 3.05) is 13.7 Å². The highest BCUT2D eigenvalue weighted by Gasteiger charge is 2.56. The molecular formula is C23H27NO10. The van der Waals surface area contributed by atoms with Crippen molar-refractivity contribution in [3.05, 3.63) is 35.1 Å². The van der Waals surface area contributed by atoms with Crippen LogP contribution in [0.2, 0.25) is 0 Å². The van der Waals surface area contributed by atoms with Gasteiger partial charge < -0.3 is 45.1 Å². The first-order valence-electron chi connectivity index (χ1n) is 11.1. The van der Waals surface area contributed by atoms with Crippen LogP contribution in [-0.2, 0) is 30.9 Å². The third-order valence-corrected chi connectivity index (χ3v) is 7.57. The summed E-state index contributed by atoms with van der Waals surface area (Å²) in [7, 11) is 1.47. The molecule has 34 heavy (non-hydrogen) atoms. The molecule has 8 unspecified atom stereocenters. The fourth-order valence-electron chi connectivity index (χ4n) is 5.97. The van der Waals surface area contributed by atoms with Gasteiger partial charge in [-0.1, -0.05) is 6.07 Å². The Balaban J connectivity index is 1.50. The summed E-state index contributed by atoms with van der Waals surface area (Å²) in [6, 6.07) is 3.56. The zero-order chi connectivity index (χ0) is 24.4. The van der Waals surface area contributed by atoms with E-state index in [4.69, 9.17) is 14.2 Å². The number of carboxylic acids is 1. The average molecular weight is 477 g/mol. The number of hydrogen-bond acceptors (Lipinski definition) is 10. The molecule has 184 valence electrons. The van der Waals surface area contributed by atoms with Crippen LogP contribution in [0.1, 0.15) is 24.0 Å². The predicted octanol–water partition coefficient (Wildman–Crippen LogP) is -1.06. The van der Waals surface area contributed by atoms with Gasteiger partial charge in [-0.2, -0.15) is 0 Å². The summed E-state index contributed by atoms with van der Waals surface area (Å²) in [4.78, 5) is 24.7. The number of aliphatic hydroxyl groups is 3. The van der Waals surface area contributed by atoms with Gasteiger partial charge in [0.05, 0.1) is 7.11 Å². The number of hydrogen-bond donors (Lipinski definition) is 6. The number of carboxylic acid groups (broad SMARTS) is 1. The molecule has 2 aliphatic heterocycles. The van der Waals surface area contributed by atoms with Gasteiger partial charge in [0.15, 0.2) is 29.1 Å². The molecule has 2 bridgehead atoms. The molecule has 0 radical (unpaired) electrons. The quantitative estimate of drug-likeness (QED) is 0.312. The van der Waals surface area contributed by atoms with Gasteiger partial charge in [-0.25, -0.2) is 4.79 Å². The van der Waals surface area contributed by atoms with E-state index in [1.54, 1.807) is 12.1 Å². The number of methoxy groups -OCH3 is 1. The Labute approximate surface area is 194 Å². The van der Waals surface area contributed by atoms with Gasteiger partial charge in [0, 0.05) is 29.4 Å². The summed E-state index contributed by atoms with van der Waals surface area (Å²) in [5.74, 6) is -1.96. The zero-order valence-electron chi connectivity index (χ0n) is 18.4. The van der Waals surface area contributed by atoms with Crippen molar-refractivity contribution in [3.8, 4) is 11.5 Å². The third kappa shape index (κ3) is 3.30. The molecule has 2 heterocycles. The minimum atomic E-state index is -1.86. The molecule has 2 aliphatic carbocycles. The van der Waals surface area contributed by atoms with E-state index in [0.717, 1.165) is 5.56 Å². The number of Topliss-reactive ketones (excluding diaryl/α,β-unsaturated/α-hetero) is 1. The Morgan fingerprint density at radius 3 is 2.68 bits per heavy atom. The van der Waals surface area contributed by atoms with Gasteiger partial charge in [-0.15, -0.1) is 0 Å². The molecule has 1 aromatic carbocycles. The summed E-state index contributed by atoms with van der Waals surface area (Å²) in [6.07, 6.45) is -6.12. The summed E-state index contributed by atoms with van der Waals surface area (Å²) < 4.78 is 16.1. The van der Waals surface area contributed by atoms with Gasteiger partial charge in [-0.3, -0.25) is 4.79 Å². The number of aliphatic hydroxyl groups excluding tert-OH is 3. The van der Waals surface area contributed by atoms with E-state index in [0.29, 0.717) is 30.7 Å². The molecule has 6 N–H and O–H groups in total. The maximum absolute atomic E-state index is 13.3. The first-order chi connectivity index (χ1) is 16.2. The molecule has 4 aliphatic rings. The van der Waals surface area contributed by atoms with Crippen molar-refractivity contribution >= 4 is 11.8 Å². The van der Waals surface area contributed by atoms with E-state index in [2.05, 4.69) is 5.32 Å². The molecule has 0 aromatic heterocycles. The van der Waals surface area contributed by atoms with E-state index in [9.17, 15) is 35.1 Å². The maximum atomic E-state index is 13.3. The van der Waals surface area contributed by atoms with Crippen LogP contribution in [0, 0.1) is 5.92 Å². The number of phenolic OH excluding ortho intramolecular Hbond substituents is 1. The van der Waals surface area contributed by atoms with Gasteiger partial charge in [0.1, 0.15) is 18.3 Å². The van der Waals surface area contributed by atoms with Gasteiger partial charge in [0.2, 0.25) is 6.29 Å². The molecule has 2 fully saturated rings. The van der Waals surface area contributed by atoms with Crippen molar-refractivity contribution < 1.29 is 49.3 Å². The molecule has 11 nitrogen and oxygen atoms in total. The number of ether oxygens (including phenoxy) is 3. The van der Waals surface area contributed by atoms with Crippen LogP contribution in [0.4, 0.5) is 0 Å². The maximum Gasteiger partial charge on any atom is 0.335 e. The van der Waals surface area contributed by atoms with Crippen LogP contribution in [0.5, 0.6) is 11.5 Å². The fourth-order valence-corrected chi connectivity index (χ4v) is 5.97. The Morgan fingerprint density at radius 1 is 1.21 bits per heavy atom. The van der Waals surface area contributed by atoms with Crippen molar-refractivity contribution in [3.63, 3.8) is 0 Å². The molecule has 8 atom stereocenters. The molecule has 2 saturated heterocycles. The number of benzene rings is 1. The second-order valence-electron chi connectivity index (χ2n) is 9.33. The Morgan fingerprint density at radius 2 is 1.97 bits per heavy atom. The number of fused-ring (bicyclic) bond motifs is 1. The normalized spacial score (nSPS) is 38.9. The van der Waals surface area contributed by atoms with Gasteiger partial charge in [-0.05, 0) is 37.1 Å². The number of allylic oxidation sites excluding steroid dienone is 1. The second-order valence-corrected chi connectivity index (χ2v) is 9.33. The smallest absolute Gasteiger partial charge is 0.335 e. The highest BCUT2D eigenvalue weighted by molar-refractivity contribution is 5.96. The second kappa shape index (κ2) is 8.21. The summed E-state index contributed by atoms with van der Waals surface area (Å²) in [5, 5.41) is 53.9. The molecule has 1 aromatic rings. The van der Waals surface area contributed by atoms with Crippen molar-refractivity contribution in [1.82, 2.24) is 5.32 Å². The number of ketones is 1. The van der Waals surface area contributed by atoms with E-state index in [1.165, 1.54) is 7.11 Å². The first kappa shape index (κ1) is 23.1. The standard InChI is InChI=1S/C23H27NO10/c1-32-13-3-2-9-6-11-10-7-14(12(25)8-23(10,4-5-24-11)15(9)16(13)26)33-22-19(29)17(27)18(28)20(34-22)21(30)31/h2-3,7,10-11,17-20,22,24,26-29H,4-6,8H2,1H3,(H,30,31). The number of carbonyl (C=O) groups excluding carboxylic acids is 1. The average Bonchev–Trinajstić information content (AvgIpc) is 2.79. The lowest BCUT2D eigenvalue weighted by molar-refractivity contribution is -0.284. The highest BCUT2D eigenvalue weighted by atomic mass is 16.7. The molecule has 0 spiro atoms. The topological polar surface area (TPSA) is 175 Å². The first-order valence-corrected chi connectivity index (χ1v) is 11.1. The van der Waals surface area contributed by atoms with Crippen LogP contribution >= 0.6 is 0 Å². The SMILES string of the molecule is COc1ccc2c(c1O)C13CCNC(C2)C1C=C(OC1OC(C(=O)O)C(O)C(O)C1O)C(=O)C3. The van der Waals surface area contributed by atoms with Crippen molar-refractivity contribution in [2.24, 2.45) is 5.92 Å². The van der Waals surface area contributed by atoms with E-state index >= 15 is 0 Å². The lowest BCUT2D eigenvalue weighted by atomic mass is 9.54. The zero-order valence-corrected chi connectivity index (χ0v) is 18.4. The Hall–Kier alpha value is -2.70. The van der Waals surface area contributed by atoms with Gasteiger partial charge in [0.25, 0.3) is 0 Å². The summed E-state index contributed by atoms with van der Waals surface area (Å²) in [5.41, 5.74) is 0.943. The van der Waals surface area contributed by atoms with Gasteiger partial charge >= 0.3 is 5.97 Å². The highest BCUT2D eigenvalue weighted by Crippen LogP contribution is 2.56. The largest absolute Gasteiger partial charge is 0.504 e. The lowest BCUT2D eigenvalue weighted by Gasteiger charge is -2.54. The molecule has 5 rings (SSSR count). The monoisotopic (exact) mass is 477 g/mol. The number of aliphatic carboxylic acids is 1. The van der Waals surface area contributed by atoms with E-state index in [-0.39, 0.29) is 29.9 Å². The minimum Gasteiger partial charge on any atom is -0.504 e. The summed E-state index contributed by atoms with van der Waals surface area (Å²) >= 11 is 0. The minimum absolute atomic E-state index is 0.0170. The van der Waals surface area contributed by atoms with E-state index < -0.39 is 47.9 Å². The number of rotatable bonds is 4. The van der Waals surface area contributed by atoms with E-state index in [1.807, 2.05) is 6.07 Å². The molecule has 11 heteroatoms. The number of piperidine rings is 1. The van der Waals surface area contributed by atoms with Crippen LogP contribution in [0.25, 0.3) is 0 Å². The number of nitrogens with one attached hydrogen (secondary N) is 1. The van der Waals surface area contributed by atoms with Crippen LogP contribution in [0.3, 0.4) is 0 Å². The van der Waals surface area contributed by atoms with Crippen molar-refractivity contribution in [2.45, 2.75) is 61.4 Å². The summed E-state index contributed by atoms with van der Waals surface area (Å²) in [6.45, 7) is 0.656. The number of aromatic hydroxyl groups is 1. The number of phenols is 1. The van der Waals surface area contributed by atoms with Crippen LogP contribution in [0.15, 0.2) is 24.0 Å². The van der Waals surface area contributed by atoms with Crippen LogP contribution < -0.4 is 10.1 Å². The molecular weight excluding hydrogens is 450 g/mol. The van der Waals surface area contributed by atoms with Crippen LogP contribution in [-0.4, -0.2) is 87.7 Å². The predicted molar refractivity (Wildman–Crippen MR) is 113 cm³/mol. The molecule has 0 saturated carbocycles. The number of carbonyl (C=O) groups is 2. The van der Waals surface area contributed by atoms with Crippen molar-refractivity contribution in [1.29, 1.82) is 0 Å². The third-order valence-electron chi connectivity index (χ3n) is 7.57. The molecule has 0 amide bonds. The fraction of sp³-hybridized carbons (Fsp3) is 0.565. The Bertz CT molecular complexity index is 1060. The lowest BCUT2D eigenvalue weighted by Crippen LogP contribution is -2.61. The Kier molecular flexibility index (Phi) is 5.57.